The maximum absolute atomic E-state index is 5.69. The Morgan fingerprint density at radius 2 is 2.29 bits per heavy atom. The number of nitrogens with one attached hydrogen (secondary N) is 1. The zero-order chi connectivity index (χ0) is 11.7. The molecular formula is C14H20N2O. The minimum absolute atomic E-state index is 0.399. The molecule has 1 fully saturated rings. The van der Waals surface area contributed by atoms with Gasteiger partial charge in [0.15, 0.2) is 0 Å². The molecule has 0 amide bonds. The average Bonchev–Trinajstić information content (AvgIpc) is 2.84. The molecule has 3 heteroatoms. The molecule has 0 aromatic heterocycles. The predicted octanol–water partition coefficient (Wildman–Crippen LogP) is 1.58. The summed E-state index contributed by atoms with van der Waals surface area (Å²) >= 11 is 0. The van der Waals surface area contributed by atoms with Crippen LogP contribution in [0, 0.1) is 5.92 Å². The van der Waals surface area contributed by atoms with Gasteiger partial charge in [-0.25, -0.2) is 0 Å². The van der Waals surface area contributed by atoms with Crippen LogP contribution in [0.3, 0.4) is 0 Å². The van der Waals surface area contributed by atoms with E-state index in [0.717, 1.165) is 26.1 Å². The Hall–Kier alpha value is -0.900. The van der Waals surface area contributed by atoms with Gasteiger partial charge in [-0.2, -0.15) is 0 Å². The van der Waals surface area contributed by atoms with E-state index in [1.54, 1.807) is 0 Å². The summed E-state index contributed by atoms with van der Waals surface area (Å²) in [4.78, 5) is 0. The van der Waals surface area contributed by atoms with Crippen molar-refractivity contribution in [3.8, 4) is 0 Å². The zero-order valence-corrected chi connectivity index (χ0v) is 10.1. The molecule has 3 unspecified atom stereocenters. The monoisotopic (exact) mass is 232 g/mol. The fourth-order valence-corrected chi connectivity index (χ4v) is 3.15. The van der Waals surface area contributed by atoms with Gasteiger partial charge >= 0.3 is 0 Å². The van der Waals surface area contributed by atoms with E-state index in [-0.39, 0.29) is 0 Å². The highest BCUT2D eigenvalue weighted by Crippen LogP contribution is 2.39. The van der Waals surface area contributed by atoms with Crippen molar-refractivity contribution < 1.29 is 4.74 Å². The van der Waals surface area contributed by atoms with Gasteiger partial charge in [0.25, 0.3) is 0 Å². The third-order valence-corrected chi connectivity index (χ3v) is 4.25. The van der Waals surface area contributed by atoms with Crippen LogP contribution < -0.4 is 11.3 Å². The summed E-state index contributed by atoms with van der Waals surface area (Å²) in [6, 6.07) is 9.14. The van der Waals surface area contributed by atoms with Gasteiger partial charge in [-0.15, -0.1) is 0 Å². The Morgan fingerprint density at radius 3 is 3.00 bits per heavy atom. The predicted molar refractivity (Wildman–Crippen MR) is 67.5 cm³/mol. The van der Waals surface area contributed by atoms with Crippen molar-refractivity contribution in [3.63, 3.8) is 0 Å². The molecule has 3 N–H and O–H groups in total. The molecule has 2 aliphatic rings. The van der Waals surface area contributed by atoms with Crippen molar-refractivity contribution in [2.45, 2.75) is 31.2 Å². The number of benzene rings is 1. The van der Waals surface area contributed by atoms with Crippen molar-refractivity contribution in [3.05, 3.63) is 35.4 Å². The van der Waals surface area contributed by atoms with Crippen molar-refractivity contribution in [2.75, 3.05) is 13.2 Å². The Bertz CT molecular complexity index is 388. The maximum atomic E-state index is 5.69. The first-order valence-corrected chi connectivity index (χ1v) is 6.50. The minimum atomic E-state index is 0.399. The van der Waals surface area contributed by atoms with Crippen LogP contribution in [0.2, 0.25) is 0 Å². The first-order chi connectivity index (χ1) is 8.38. The summed E-state index contributed by atoms with van der Waals surface area (Å²) in [5.41, 5.74) is 6.02. The maximum Gasteiger partial charge on any atom is 0.0510 e. The van der Waals surface area contributed by atoms with E-state index in [1.165, 1.54) is 17.5 Å². The van der Waals surface area contributed by atoms with Gasteiger partial charge in [-0.3, -0.25) is 11.3 Å². The normalized spacial score (nSPS) is 28.5. The second-order valence-corrected chi connectivity index (χ2v) is 5.23. The third-order valence-electron chi connectivity index (χ3n) is 4.25. The lowest BCUT2D eigenvalue weighted by molar-refractivity contribution is 0.173. The minimum Gasteiger partial charge on any atom is -0.381 e. The number of rotatable bonds is 4. The summed E-state index contributed by atoms with van der Waals surface area (Å²) in [7, 11) is 0. The zero-order valence-electron chi connectivity index (χ0n) is 10.1. The van der Waals surface area contributed by atoms with Crippen LogP contribution in [0.25, 0.3) is 0 Å². The lowest BCUT2D eigenvalue weighted by Crippen LogP contribution is -2.43. The lowest BCUT2D eigenvalue weighted by atomic mass is 9.73. The van der Waals surface area contributed by atoms with Gasteiger partial charge in [0, 0.05) is 18.6 Å². The molecule has 1 saturated heterocycles. The highest BCUT2D eigenvalue weighted by atomic mass is 16.5. The summed E-state index contributed by atoms with van der Waals surface area (Å²) in [6.07, 6.45) is 3.49. The second-order valence-electron chi connectivity index (χ2n) is 5.23. The summed E-state index contributed by atoms with van der Waals surface area (Å²) < 4.78 is 5.45. The molecule has 1 aromatic carbocycles. The lowest BCUT2D eigenvalue weighted by Gasteiger charge is -2.34. The second kappa shape index (κ2) is 4.77. The van der Waals surface area contributed by atoms with Crippen LogP contribution in [0.4, 0.5) is 0 Å². The fraction of sp³-hybridized carbons (Fsp3) is 0.571. The molecule has 3 atom stereocenters. The van der Waals surface area contributed by atoms with E-state index in [0.29, 0.717) is 17.9 Å². The molecule has 0 spiro atoms. The van der Waals surface area contributed by atoms with Crippen LogP contribution in [0.1, 0.15) is 29.9 Å². The van der Waals surface area contributed by atoms with Crippen molar-refractivity contribution in [2.24, 2.45) is 11.8 Å². The van der Waals surface area contributed by atoms with Crippen molar-refractivity contribution in [1.82, 2.24) is 5.43 Å². The van der Waals surface area contributed by atoms with Crippen LogP contribution in [0.5, 0.6) is 0 Å². The van der Waals surface area contributed by atoms with E-state index < -0.39 is 0 Å². The molecule has 1 heterocycles. The molecular weight excluding hydrogens is 212 g/mol. The number of nitrogens with two attached hydrogens (primary N) is 1. The van der Waals surface area contributed by atoms with E-state index in [1.807, 2.05) is 0 Å². The standard InChI is InChI=1S/C14H20N2O/c15-16-14(11-5-6-17-9-11)8-12-7-10-3-1-2-4-13(10)12/h1-4,11-12,14,16H,5-9,15H2. The Labute approximate surface area is 102 Å². The van der Waals surface area contributed by atoms with Crippen LogP contribution in [-0.4, -0.2) is 19.3 Å². The number of hydrazine groups is 1. The van der Waals surface area contributed by atoms with Crippen molar-refractivity contribution >= 4 is 0 Å². The molecule has 3 nitrogen and oxygen atoms in total. The van der Waals surface area contributed by atoms with Crippen LogP contribution in [-0.2, 0) is 11.2 Å². The number of ether oxygens (including phenoxy) is 1. The quantitative estimate of drug-likeness (QED) is 0.612. The molecule has 3 rings (SSSR count). The van der Waals surface area contributed by atoms with E-state index in [2.05, 4.69) is 29.7 Å². The summed E-state index contributed by atoms with van der Waals surface area (Å²) in [5, 5.41) is 0. The topological polar surface area (TPSA) is 47.3 Å². The highest BCUT2D eigenvalue weighted by molar-refractivity contribution is 5.39. The average molecular weight is 232 g/mol. The smallest absolute Gasteiger partial charge is 0.0510 e. The highest BCUT2D eigenvalue weighted by Gasteiger charge is 2.32. The summed E-state index contributed by atoms with van der Waals surface area (Å²) in [6.45, 7) is 1.76. The van der Waals surface area contributed by atoms with Gasteiger partial charge in [0.05, 0.1) is 6.61 Å². The van der Waals surface area contributed by atoms with Gasteiger partial charge in [-0.05, 0) is 36.3 Å². The molecule has 92 valence electrons. The number of hydrogen-bond acceptors (Lipinski definition) is 3. The molecule has 1 aliphatic heterocycles. The molecule has 17 heavy (non-hydrogen) atoms. The molecule has 0 saturated carbocycles. The van der Waals surface area contributed by atoms with Gasteiger partial charge in [-0.1, -0.05) is 24.3 Å². The van der Waals surface area contributed by atoms with Gasteiger partial charge < -0.3 is 4.74 Å². The molecule has 0 bridgehead atoms. The first kappa shape index (κ1) is 11.2. The van der Waals surface area contributed by atoms with E-state index in [4.69, 9.17) is 10.6 Å². The van der Waals surface area contributed by atoms with Crippen LogP contribution >= 0.6 is 0 Å². The molecule has 1 aromatic rings. The number of fused-ring (bicyclic) bond motifs is 1. The Kier molecular flexibility index (Phi) is 3.14. The fourth-order valence-electron chi connectivity index (χ4n) is 3.15. The largest absolute Gasteiger partial charge is 0.381 e. The van der Waals surface area contributed by atoms with Gasteiger partial charge in [0.2, 0.25) is 0 Å². The molecule has 1 aliphatic carbocycles. The number of hydrogen-bond donors (Lipinski definition) is 2. The third kappa shape index (κ3) is 2.10. The van der Waals surface area contributed by atoms with Crippen molar-refractivity contribution in [1.29, 1.82) is 0 Å². The van der Waals surface area contributed by atoms with E-state index in [9.17, 15) is 0 Å². The molecule has 0 radical (unpaired) electrons. The van der Waals surface area contributed by atoms with Gasteiger partial charge in [0.1, 0.15) is 0 Å². The first-order valence-electron chi connectivity index (χ1n) is 6.50. The van der Waals surface area contributed by atoms with E-state index >= 15 is 0 Å². The SMILES string of the molecule is NNC(CC1Cc2ccccc21)C1CCOC1. The summed E-state index contributed by atoms with van der Waals surface area (Å²) in [5.74, 6) is 6.97. The Morgan fingerprint density at radius 1 is 1.41 bits per heavy atom. The Balaban J connectivity index is 1.63. The van der Waals surface area contributed by atoms with Crippen LogP contribution in [0.15, 0.2) is 24.3 Å².